The highest BCUT2D eigenvalue weighted by molar-refractivity contribution is 5.94. The number of carbonyl (C=O) groups is 1. The van der Waals surface area contributed by atoms with Gasteiger partial charge in [0.25, 0.3) is 5.91 Å². The van der Waals surface area contributed by atoms with Gasteiger partial charge in [-0.3, -0.25) is 9.78 Å². The molecule has 2 aromatic rings. The van der Waals surface area contributed by atoms with Gasteiger partial charge in [-0.15, -0.1) is 10.2 Å². The van der Waals surface area contributed by atoms with Crippen LogP contribution < -0.4 is 0 Å². The number of ether oxygens (including phenoxy) is 1. The smallest absolute Gasteiger partial charge is 0.253 e. The predicted octanol–water partition coefficient (Wildman–Crippen LogP) is 2.06. The minimum Gasteiger partial charge on any atom is -0.425 e. The summed E-state index contributed by atoms with van der Waals surface area (Å²) in [4.78, 5) is 18.6. The Kier molecular flexibility index (Phi) is 3.96. The summed E-state index contributed by atoms with van der Waals surface area (Å²) in [6.45, 7) is 2.21. The molecule has 1 amide bonds. The van der Waals surface area contributed by atoms with Crippen LogP contribution in [0.2, 0.25) is 0 Å². The topological polar surface area (TPSA) is 81.4 Å². The summed E-state index contributed by atoms with van der Waals surface area (Å²) in [5, 5.41) is 8.36. The van der Waals surface area contributed by atoms with Gasteiger partial charge < -0.3 is 14.1 Å². The summed E-state index contributed by atoms with van der Waals surface area (Å²) in [6, 6.07) is 3.55. The molecular weight excluding hydrogens is 332 g/mol. The van der Waals surface area contributed by atoms with E-state index >= 15 is 0 Å². The number of hydrogen-bond acceptors (Lipinski definition) is 6. The molecule has 0 aromatic carbocycles. The van der Waals surface area contributed by atoms with Gasteiger partial charge in [0.15, 0.2) is 0 Å². The zero-order chi connectivity index (χ0) is 17.5. The molecule has 1 saturated carbocycles. The quantitative estimate of drug-likeness (QED) is 0.836. The van der Waals surface area contributed by atoms with E-state index in [4.69, 9.17) is 9.15 Å². The lowest BCUT2D eigenvalue weighted by Crippen LogP contribution is -2.44. The van der Waals surface area contributed by atoms with Crippen LogP contribution in [0.25, 0.3) is 0 Å². The second-order valence-corrected chi connectivity index (χ2v) is 7.58. The molecule has 2 aliphatic heterocycles. The van der Waals surface area contributed by atoms with Gasteiger partial charge in [0, 0.05) is 42.9 Å². The van der Waals surface area contributed by atoms with E-state index in [1.165, 1.54) is 0 Å². The standard InChI is InChI=1S/C19H22N4O3/c24-19(13-3-6-20-7-4-13)23-8-5-15-14(10-23)11-25-16(15)9-17-21-22-18(26-17)12-1-2-12/h3-4,6-7,12,14-16H,1-2,5,8-11H2/t14-,15-,16+/m1/s1. The lowest BCUT2D eigenvalue weighted by Gasteiger charge is -2.35. The van der Waals surface area contributed by atoms with Crippen LogP contribution in [-0.2, 0) is 11.2 Å². The zero-order valence-corrected chi connectivity index (χ0v) is 14.6. The fourth-order valence-electron chi connectivity index (χ4n) is 4.18. The number of carbonyl (C=O) groups excluding carboxylic acids is 1. The van der Waals surface area contributed by atoms with Gasteiger partial charge in [0.1, 0.15) is 0 Å². The number of aromatic nitrogens is 3. The highest BCUT2D eigenvalue weighted by atomic mass is 16.5. The SMILES string of the molecule is O=C(c1ccncc1)N1CC[C@@H]2[C@@H](CO[C@H]2Cc2nnc(C3CC3)o2)C1. The third-order valence-corrected chi connectivity index (χ3v) is 5.79. The Balaban J connectivity index is 1.22. The van der Waals surface area contributed by atoms with Crippen molar-refractivity contribution in [3.63, 3.8) is 0 Å². The number of hydrogen-bond donors (Lipinski definition) is 0. The van der Waals surface area contributed by atoms with Crippen molar-refractivity contribution in [1.29, 1.82) is 0 Å². The summed E-state index contributed by atoms with van der Waals surface area (Å²) >= 11 is 0. The average molecular weight is 354 g/mol. The van der Waals surface area contributed by atoms with E-state index in [0.29, 0.717) is 42.2 Å². The zero-order valence-electron chi connectivity index (χ0n) is 14.6. The number of pyridine rings is 1. The van der Waals surface area contributed by atoms with Crippen molar-refractivity contribution in [3.05, 3.63) is 41.9 Å². The van der Waals surface area contributed by atoms with Crippen LogP contribution in [0.15, 0.2) is 28.9 Å². The molecule has 0 N–H and O–H groups in total. The van der Waals surface area contributed by atoms with Crippen LogP contribution in [0.5, 0.6) is 0 Å². The van der Waals surface area contributed by atoms with Crippen molar-refractivity contribution in [2.45, 2.75) is 37.7 Å². The number of rotatable bonds is 4. The second-order valence-electron chi connectivity index (χ2n) is 7.58. The average Bonchev–Trinajstić information content (AvgIpc) is 3.31. The molecule has 1 aliphatic carbocycles. The fourth-order valence-corrected chi connectivity index (χ4v) is 4.18. The number of piperidine rings is 1. The second kappa shape index (κ2) is 6.46. The molecule has 7 nitrogen and oxygen atoms in total. The van der Waals surface area contributed by atoms with E-state index in [0.717, 1.165) is 38.2 Å². The first kappa shape index (κ1) is 15.9. The third-order valence-electron chi connectivity index (χ3n) is 5.79. The van der Waals surface area contributed by atoms with Crippen LogP contribution in [0.1, 0.15) is 47.3 Å². The summed E-state index contributed by atoms with van der Waals surface area (Å²) in [7, 11) is 0. The monoisotopic (exact) mass is 354 g/mol. The van der Waals surface area contributed by atoms with Crippen LogP contribution in [0.3, 0.4) is 0 Å². The molecule has 3 atom stereocenters. The maximum absolute atomic E-state index is 12.7. The van der Waals surface area contributed by atoms with Gasteiger partial charge in [-0.25, -0.2) is 0 Å². The van der Waals surface area contributed by atoms with Crippen molar-refractivity contribution in [3.8, 4) is 0 Å². The molecule has 2 aromatic heterocycles. The van der Waals surface area contributed by atoms with Crippen LogP contribution in [-0.4, -0.2) is 51.8 Å². The Bertz CT molecular complexity index is 789. The maximum Gasteiger partial charge on any atom is 0.253 e. The van der Waals surface area contributed by atoms with Gasteiger partial charge in [-0.1, -0.05) is 0 Å². The first-order chi connectivity index (χ1) is 12.8. The molecule has 26 heavy (non-hydrogen) atoms. The lowest BCUT2D eigenvalue weighted by atomic mass is 9.83. The Labute approximate surface area is 151 Å². The van der Waals surface area contributed by atoms with Crippen LogP contribution in [0.4, 0.5) is 0 Å². The van der Waals surface area contributed by atoms with E-state index in [1.54, 1.807) is 24.5 Å². The van der Waals surface area contributed by atoms with E-state index in [-0.39, 0.29) is 12.0 Å². The van der Waals surface area contributed by atoms with E-state index in [9.17, 15) is 4.79 Å². The van der Waals surface area contributed by atoms with Crippen LogP contribution >= 0.6 is 0 Å². The molecule has 136 valence electrons. The van der Waals surface area contributed by atoms with Gasteiger partial charge in [-0.05, 0) is 37.3 Å². The third kappa shape index (κ3) is 3.00. The molecular formula is C19H22N4O3. The van der Waals surface area contributed by atoms with Gasteiger partial charge in [0.05, 0.1) is 19.1 Å². The maximum atomic E-state index is 12.7. The predicted molar refractivity (Wildman–Crippen MR) is 91.5 cm³/mol. The van der Waals surface area contributed by atoms with Gasteiger partial charge >= 0.3 is 0 Å². The lowest BCUT2D eigenvalue weighted by molar-refractivity contribution is 0.0603. The number of amides is 1. The Hall–Kier alpha value is -2.28. The molecule has 5 rings (SSSR count). The fraction of sp³-hybridized carbons (Fsp3) is 0.579. The highest BCUT2D eigenvalue weighted by Gasteiger charge is 2.42. The molecule has 3 aliphatic rings. The van der Waals surface area contributed by atoms with Gasteiger partial charge in [-0.2, -0.15) is 0 Å². The Morgan fingerprint density at radius 3 is 2.85 bits per heavy atom. The molecule has 0 unspecified atom stereocenters. The summed E-state index contributed by atoms with van der Waals surface area (Å²) in [5.74, 6) is 2.87. The minimum absolute atomic E-state index is 0.0836. The summed E-state index contributed by atoms with van der Waals surface area (Å²) in [6.07, 6.45) is 7.39. The normalized spacial score (nSPS) is 28.2. The van der Waals surface area contributed by atoms with Gasteiger partial charge in [0.2, 0.25) is 11.8 Å². The first-order valence-corrected chi connectivity index (χ1v) is 9.41. The summed E-state index contributed by atoms with van der Waals surface area (Å²) in [5.41, 5.74) is 0.701. The minimum atomic E-state index is 0.0836. The molecule has 2 saturated heterocycles. The largest absolute Gasteiger partial charge is 0.425 e. The summed E-state index contributed by atoms with van der Waals surface area (Å²) < 4.78 is 11.8. The molecule has 0 bridgehead atoms. The van der Waals surface area contributed by atoms with E-state index in [1.807, 2.05) is 4.90 Å². The van der Waals surface area contributed by atoms with Crippen molar-refractivity contribution in [1.82, 2.24) is 20.1 Å². The molecule has 4 heterocycles. The highest BCUT2D eigenvalue weighted by Crippen LogP contribution is 2.40. The number of nitrogens with zero attached hydrogens (tertiary/aromatic N) is 4. The molecule has 0 spiro atoms. The van der Waals surface area contributed by atoms with Crippen molar-refractivity contribution in [2.24, 2.45) is 11.8 Å². The number of likely N-dealkylation sites (tertiary alicyclic amines) is 1. The van der Waals surface area contributed by atoms with Crippen LogP contribution in [0, 0.1) is 11.8 Å². The van der Waals surface area contributed by atoms with Crippen molar-refractivity contribution >= 4 is 5.91 Å². The first-order valence-electron chi connectivity index (χ1n) is 9.41. The van der Waals surface area contributed by atoms with Crippen molar-refractivity contribution < 1.29 is 13.9 Å². The van der Waals surface area contributed by atoms with E-state index in [2.05, 4.69) is 15.2 Å². The number of fused-ring (bicyclic) bond motifs is 1. The molecule has 7 heteroatoms. The van der Waals surface area contributed by atoms with E-state index < -0.39 is 0 Å². The molecule has 3 fully saturated rings. The Morgan fingerprint density at radius 1 is 1.19 bits per heavy atom. The van der Waals surface area contributed by atoms with Crippen molar-refractivity contribution in [2.75, 3.05) is 19.7 Å². The Morgan fingerprint density at radius 2 is 2.04 bits per heavy atom. The molecule has 0 radical (unpaired) electrons.